The smallest absolute Gasteiger partial charge is 0.261 e. The van der Waals surface area contributed by atoms with E-state index in [1.807, 2.05) is 61.5 Å². The van der Waals surface area contributed by atoms with Gasteiger partial charge in [0.05, 0.1) is 12.3 Å². The third-order valence-electron chi connectivity index (χ3n) is 4.89. The third kappa shape index (κ3) is 4.11. The fourth-order valence-electron chi connectivity index (χ4n) is 3.34. The van der Waals surface area contributed by atoms with Crippen molar-refractivity contribution in [1.82, 2.24) is 29.8 Å². The number of aromatic nitrogens is 6. The highest BCUT2D eigenvalue weighted by atomic mass is 16.5. The molecule has 0 radical (unpaired) electrons. The van der Waals surface area contributed by atoms with Crippen molar-refractivity contribution in [2.45, 2.75) is 6.92 Å². The van der Waals surface area contributed by atoms with E-state index >= 15 is 0 Å². The van der Waals surface area contributed by atoms with Gasteiger partial charge >= 0.3 is 0 Å². The number of hydrogen-bond acceptors (Lipinski definition) is 7. The molecule has 9 heteroatoms. The summed E-state index contributed by atoms with van der Waals surface area (Å²) in [5.74, 6) is 0.588. The fourth-order valence-corrected chi connectivity index (χ4v) is 3.34. The number of pyridine rings is 2. The third-order valence-corrected chi connectivity index (χ3v) is 4.89. The van der Waals surface area contributed by atoms with E-state index in [2.05, 4.69) is 25.5 Å². The van der Waals surface area contributed by atoms with E-state index < -0.39 is 0 Å². The first-order chi connectivity index (χ1) is 16.2. The van der Waals surface area contributed by atoms with Crippen LogP contribution >= 0.6 is 0 Å². The van der Waals surface area contributed by atoms with Gasteiger partial charge in [-0.1, -0.05) is 18.2 Å². The van der Waals surface area contributed by atoms with Crippen LogP contribution in [0.2, 0.25) is 0 Å². The number of carbonyl (C=O) groups is 1. The Morgan fingerprint density at radius 2 is 1.76 bits per heavy atom. The molecule has 5 rings (SSSR count). The molecule has 0 saturated heterocycles. The summed E-state index contributed by atoms with van der Waals surface area (Å²) in [5, 5.41) is 16.0. The molecular formula is C24H19N7O2. The molecule has 4 heterocycles. The summed E-state index contributed by atoms with van der Waals surface area (Å²) in [6, 6.07) is 20.1. The predicted octanol–water partition coefficient (Wildman–Crippen LogP) is 3.90. The van der Waals surface area contributed by atoms with Gasteiger partial charge in [0.2, 0.25) is 11.7 Å². The number of nitrogens with one attached hydrogen (secondary N) is 1. The number of anilines is 1. The molecule has 9 nitrogen and oxygen atoms in total. The molecule has 4 aromatic heterocycles. The summed E-state index contributed by atoms with van der Waals surface area (Å²) in [5.41, 5.74) is 3.97. The van der Waals surface area contributed by atoms with E-state index in [0.717, 1.165) is 11.3 Å². The second-order valence-electron chi connectivity index (χ2n) is 7.05. The van der Waals surface area contributed by atoms with Crippen molar-refractivity contribution >= 4 is 17.2 Å². The van der Waals surface area contributed by atoms with Crippen LogP contribution in [0.1, 0.15) is 17.3 Å². The zero-order chi connectivity index (χ0) is 22.6. The summed E-state index contributed by atoms with van der Waals surface area (Å²) in [4.78, 5) is 21.2. The van der Waals surface area contributed by atoms with Crippen LogP contribution < -0.4 is 10.1 Å². The number of hydrogen-bond donors (Lipinski definition) is 1. The molecule has 0 aliphatic rings. The number of carbonyl (C=O) groups excluding carboxylic acids is 1. The lowest BCUT2D eigenvalue weighted by molar-refractivity contribution is 0.102. The number of rotatable bonds is 6. The first kappa shape index (κ1) is 20.3. The minimum absolute atomic E-state index is 0.289. The zero-order valence-corrected chi connectivity index (χ0v) is 17.7. The maximum Gasteiger partial charge on any atom is 0.261 e. The first-order valence-electron chi connectivity index (χ1n) is 10.4. The van der Waals surface area contributed by atoms with Crippen LogP contribution in [0.15, 0.2) is 79.1 Å². The van der Waals surface area contributed by atoms with Gasteiger partial charge in [0, 0.05) is 23.6 Å². The van der Waals surface area contributed by atoms with Crippen LogP contribution in [-0.2, 0) is 0 Å². The maximum atomic E-state index is 12.7. The Morgan fingerprint density at radius 1 is 0.909 bits per heavy atom. The molecule has 1 amide bonds. The van der Waals surface area contributed by atoms with Crippen LogP contribution in [0.4, 0.5) is 5.69 Å². The molecule has 0 fully saturated rings. The molecule has 0 spiro atoms. The van der Waals surface area contributed by atoms with Crippen LogP contribution in [0, 0.1) is 0 Å². The van der Waals surface area contributed by atoms with E-state index in [9.17, 15) is 4.79 Å². The Labute approximate surface area is 189 Å². The normalized spacial score (nSPS) is 10.8. The Balaban J connectivity index is 1.39. The van der Waals surface area contributed by atoms with E-state index in [-0.39, 0.29) is 5.91 Å². The number of ether oxygens (including phenoxy) is 1. The average Bonchev–Trinajstić information content (AvgIpc) is 3.29. The topological polar surface area (TPSA) is 107 Å². The van der Waals surface area contributed by atoms with Gasteiger partial charge in [-0.15, -0.1) is 10.2 Å². The molecular weight excluding hydrogens is 418 g/mol. The highest BCUT2D eigenvalue weighted by Gasteiger charge is 2.14. The second kappa shape index (κ2) is 8.83. The molecule has 0 unspecified atom stereocenters. The zero-order valence-electron chi connectivity index (χ0n) is 17.7. The Bertz CT molecular complexity index is 1420. The van der Waals surface area contributed by atoms with E-state index in [1.54, 1.807) is 29.0 Å². The number of benzene rings is 1. The van der Waals surface area contributed by atoms with Crippen LogP contribution in [0.25, 0.3) is 28.4 Å². The predicted molar refractivity (Wildman–Crippen MR) is 123 cm³/mol. The van der Waals surface area contributed by atoms with Crippen molar-refractivity contribution in [3.8, 4) is 28.7 Å². The SMILES string of the molecule is CCOc1ncccc1C(=O)Nc1ccc(-c2ccc3nnc(-c4ccccn4)n3n2)cc1. The van der Waals surface area contributed by atoms with Gasteiger partial charge in [-0.3, -0.25) is 9.78 Å². The lowest BCUT2D eigenvalue weighted by Gasteiger charge is -2.10. The molecule has 0 aliphatic heterocycles. The van der Waals surface area contributed by atoms with Crippen molar-refractivity contribution in [2.75, 3.05) is 11.9 Å². The summed E-state index contributed by atoms with van der Waals surface area (Å²) >= 11 is 0. The summed E-state index contributed by atoms with van der Waals surface area (Å²) in [7, 11) is 0. The number of amides is 1. The fraction of sp³-hybridized carbons (Fsp3) is 0.0833. The van der Waals surface area contributed by atoms with E-state index in [0.29, 0.717) is 40.9 Å². The quantitative estimate of drug-likeness (QED) is 0.429. The first-order valence-corrected chi connectivity index (χ1v) is 10.4. The maximum absolute atomic E-state index is 12.7. The molecule has 0 bridgehead atoms. The summed E-state index contributed by atoms with van der Waals surface area (Å²) in [6.07, 6.45) is 3.30. The molecule has 0 atom stereocenters. The molecule has 0 aliphatic carbocycles. The Hall–Kier alpha value is -4.66. The van der Waals surface area contributed by atoms with Crippen molar-refractivity contribution in [2.24, 2.45) is 0 Å². The lowest BCUT2D eigenvalue weighted by atomic mass is 10.1. The van der Waals surface area contributed by atoms with E-state index in [1.165, 1.54) is 0 Å². The monoisotopic (exact) mass is 437 g/mol. The van der Waals surface area contributed by atoms with Crippen molar-refractivity contribution in [1.29, 1.82) is 0 Å². The molecule has 1 N–H and O–H groups in total. The summed E-state index contributed by atoms with van der Waals surface area (Å²) in [6.45, 7) is 2.28. The standard InChI is InChI=1S/C24H19N7O2/c1-2-33-24-18(6-5-15-26-24)23(32)27-17-10-8-16(9-11-17)19-12-13-21-28-29-22(31(21)30-19)20-7-3-4-14-25-20/h3-15H,2H2,1H3,(H,27,32). The number of nitrogens with zero attached hydrogens (tertiary/aromatic N) is 6. The molecule has 1 aromatic carbocycles. The Kier molecular flexibility index (Phi) is 5.42. The minimum Gasteiger partial charge on any atom is -0.477 e. The Morgan fingerprint density at radius 3 is 2.55 bits per heavy atom. The second-order valence-corrected chi connectivity index (χ2v) is 7.05. The molecule has 5 aromatic rings. The largest absolute Gasteiger partial charge is 0.477 e. The van der Waals surface area contributed by atoms with Gasteiger partial charge in [-0.05, 0) is 55.5 Å². The van der Waals surface area contributed by atoms with Gasteiger partial charge < -0.3 is 10.1 Å². The minimum atomic E-state index is -0.289. The van der Waals surface area contributed by atoms with Crippen LogP contribution in [0.5, 0.6) is 5.88 Å². The van der Waals surface area contributed by atoms with Crippen molar-refractivity contribution in [3.63, 3.8) is 0 Å². The van der Waals surface area contributed by atoms with Gasteiger partial charge in [0.25, 0.3) is 5.91 Å². The highest BCUT2D eigenvalue weighted by Crippen LogP contribution is 2.23. The summed E-state index contributed by atoms with van der Waals surface area (Å²) < 4.78 is 7.12. The molecule has 162 valence electrons. The van der Waals surface area contributed by atoms with Crippen molar-refractivity contribution < 1.29 is 9.53 Å². The average molecular weight is 437 g/mol. The van der Waals surface area contributed by atoms with Crippen LogP contribution in [-0.4, -0.2) is 42.3 Å². The van der Waals surface area contributed by atoms with E-state index in [4.69, 9.17) is 9.84 Å². The highest BCUT2D eigenvalue weighted by molar-refractivity contribution is 6.05. The van der Waals surface area contributed by atoms with Gasteiger partial charge in [-0.2, -0.15) is 9.61 Å². The molecule has 33 heavy (non-hydrogen) atoms. The van der Waals surface area contributed by atoms with Gasteiger partial charge in [0.1, 0.15) is 11.3 Å². The number of fused-ring (bicyclic) bond motifs is 1. The van der Waals surface area contributed by atoms with Crippen LogP contribution in [0.3, 0.4) is 0 Å². The lowest BCUT2D eigenvalue weighted by Crippen LogP contribution is -2.14. The van der Waals surface area contributed by atoms with Crippen molar-refractivity contribution in [3.05, 3.63) is 84.7 Å². The molecule has 0 saturated carbocycles. The van der Waals surface area contributed by atoms with Gasteiger partial charge in [0.15, 0.2) is 5.65 Å². The van der Waals surface area contributed by atoms with Gasteiger partial charge in [-0.25, -0.2) is 4.98 Å².